The molecule has 0 spiro atoms. The number of nitrogens with zero attached hydrogens (tertiary/aromatic N) is 1. The molecule has 0 aliphatic carbocycles. The van der Waals surface area contributed by atoms with E-state index in [1.807, 2.05) is 18.2 Å². The molecule has 0 bridgehead atoms. The van der Waals surface area contributed by atoms with Gasteiger partial charge in [0.15, 0.2) is 0 Å². The number of aromatic nitrogens is 1. The summed E-state index contributed by atoms with van der Waals surface area (Å²) in [6.45, 7) is 0.850. The van der Waals surface area contributed by atoms with Crippen LogP contribution in [0.2, 0.25) is 5.02 Å². The Hall–Kier alpha value is -1.25. The monoisotopic (exact) mass is 319 g/mol. The molecular formula is C15H11BrClN. The molecule has 90 valence electrons. The zero-order valence-electron chi connectivity index (χ0n) is 9.61. The highest BCUT2D eigenvalue weighted by molar-refractivity contribution is 9.10. The van der Waals surface area contributed by atoms with Crippen molar-refractivity contribution < 1.29 is 0 Å². The summed E-state index contributed by atoms with van der Waals surface area (Å²) in [5.41, 5.74) is 2.43. The van der Waals surface area contributed by atoms with Gasteiger partial charge >= 0.3 is 0 Å². The molecule has 0 atom stereocenters. The zero-order chi connectivity index (χ0) is 12.5. The number of halogens is 2. The van der Waals surface area contributed by atoms with Crippen LogP contribution in [0.3, 0.4) is 0 Å². The van der Waals surface area contributed by atoms with E-state index in [1.54, 1.807) is 0 Å². The first kappa shape index (κ1) is 11.8. The van der Waals surface area contributed by atoms with Gasteiger partial charge in [-0.1, -0.05) is 45.7 Å². The molecule has 0 unspecified atom stereocenters. The second-order valence-corrected chi connectivity index (χ2v) is 5.57. The molecule has 3 heteroatoms. The lowest BCUT2D eigenvalue weighted by Crippen LogP contribution is -1.97. The molecule has 3 aromatic rings. The molecule has 0 N–H and O–H groups in total. The number of hydrogen-bond donors (Lipinski definition) is 0. The maximum absolute atomic E-state index is 6.18. The highest BCUT2D eigenvalue weighted by atomic mass is 79.9. The van der Waals surface area contributed by atoms with Crippen molar-refractivity contribution in [3.63, 3.8) is 0 Å². The lowest BCUT2D eigenvalue weighted by atomic mass is 10.2. The van der Waals surface area contributed by atoms with Crippen molar-refractivity contribution >= 4 is 38.4 Å². The molecular weight excluding hydrogens is 310 g/mol. The Morgan fingerprint density at radius 2 is 1.89 bits per heavy atom. The van der Waals surface area contributed by atoms with E-state index in [4.69, 9.17) is 11.6 Å². The highest BCUT2D eigenvalue weighted by Gasteiger charge is 2.04. The van der Waals surface area contributed by atoms with Crippen molar-refractivity contribution in [2.45, 2.75) is 6.54 Å². The van der Waals surface area contributed by atoms with Crippen LogP contribution in [0.4, 0.5) is 0 Å². The fourth-order valence-electron chi connectivity index (χ4n) is 2.16. The zero-order valence-corrected chi connectivity index (χ0v) is 11.9. The first-order valence-electron chi connectivity index (χ1n) is 5.72. The molecule has 0 amide bonds. The second-order valence-electron chi connectivity index (χ2n) is 4.25. The van der Waals surface area contributed by atoms with Gasteiger partial charge in [0.05, 0.1) is 0 Å². The van der Waals surface area contributed by atoms with Gasteiger partial charge in [-0.25, -0.2) is 0 Å². The van der Waals surface area contributed by atoms with Gasteiger partial charge < -0.3 is 4.57 Å². The molecule has 18 heavy (non-hydrogen) atoms. The number of hydrogen-bond acceptors (Lipinski definition) is 0. The summed E-state index contributed by atoms with van der Waals surface area (Å²) < 4.78 is 3.32. The summed E-state index contributed by atoms with van der Waals surface area (Å²) in [7, 11) is 0. The normalized spacial score (nSPS) is 11.0. The predicted octanol–water partition coefficient (Wildman–Crippen LogP) is 5.11. The van der Waals surface area contributed by atoms with Crippen molar-refractivity contribution in [2.75, 3.05) is 0 Å². The number of fused-ring (bicyclic) bond motifs is 1. The predicted molar refractivity (Wildman–Crippen MR) is 80.2 cm³/mol. The Balaban J connectivity index is 2.03. The van der Waals surface area contributed by atoms with Gasteiger partial charge in [-0.15, -0.1) is 0 Å². The summed E-state index contributed by atoms with van der Waals surface area (Å²) in [6.07, 6.45) is 2.08. The van der Waals surface area contributed by atoms with Gasteiger partial charge in [0.1, 0.15) is 0 Å². The van der Waals surface area contributed by atoms with Gasteiger partial charge in [0, 0.05) is 33.1 Å². The van der Waals surface area contributed by atoms with Crippen LogP contribution in [-0.4, -0.2) is 4.57 Å². The van der Waals surface area contributed by atoms with Crippen LogP contribution in [0.15, 0.2) is 59.2 Å². The van der Waals surface area contributed by atoms with Crippen LogP contribution in [0.5, 0.6) is 0 Å². The van der Waals surface area contributed by atoms with Crippen molar-refractivity contribution in [3.05, 3.63) is 69.8 Å². The molecule has 0 fully saturated rings. The third-order valence-electron chi connectivity index (χ3n) is 3.00. The molecule has 1 aromatic heterocycles. The molecule has 2 aromatic carbocycles. The lowest BCUT2D eigenvalue weighted by molar-refractivity contribution is 0.836. The third kappa shape index (κ3) is 2.18. The van der Waals surface area contributed by atoms with E-state index in [-0.39, 0.29) is 0 Å². The summed E-state index contributed by atoms with van der Waals surface area (Å²) in [6, 6.07) is 16.4. The smallest absolute Gasteiger partial charge is 0.0499 e. The number of rotatable bonds is 2. The Labute approximate surface area is 119 Å². The quantitative estimate of drug-likeness (QED) is 0.618. The summed E-state index contributed by atoms with van der Waals surface area (Å²) in [4.78, 5) is 0. The summed E-state index contributed by atoms with van der Waals surface area (Å²) in [5.74, 6) is 0. The van der Waals surface area contributed by atoms with Gasteiger partial charge in [-0.05, 0) is 35.9 Å². The average molecular weight is 321 g/mol. The lowest BCUT2D eigenvalue weighted by Gasteiger charge is -2.06. The summed E-state index contributed by atoms with van der Waals surface area (Å²) in [5, 5.41) is 1.91. The van der Waals surface area contributed by atoms with Crippen molar-refractivity contribution in [1.82, 2.24) is 4.57 Å². The van der Waals surface area contributed by atoms with Gasteiger partial charge in [0.2, 0.25) is 0 Å². The first-order chi connectivity index (χ1) is 8.74. The van der Waals surface area contributed by atoms with E-state index in [1.165, 1.54) is 11.1 Å². The van der Waals surface area contributed by atoms with Gasteiger partial charge in [-0.3, -0.25) is 0 Å². The van der Waals surface area contributed by atoms with Gasteiger partial charge in [-0.2, -0.15) is 0 Å². The van der Waals surface area contributed by atoms with E-state index < -0.39 is 0 Å². The SMILES string of the molecule is Clc1cccc2c1ccn2Cc1cccc(Br)c1. The Morgan fingerprint density at radius 1 is 1.06 bits per heavy atom. The molecule has 0 aliphatic heterocycles. The van der Waals surface area contributed by atoms with Crippen LogP contribution in [0.1, 0.15) is 5.56 Å². The topological polar surface area (TPSA) is 4.93 Å². The van der Waals surface area contributed by atoms with Crippen LogP contribution in [-0.2, 0) is 6.54 Å². The van der Waals surface area contributed by atoms with Crippen molar-refractivity contribution in [1.29, 1.82) is 0 Å². The second kappa shape index (κ2) is 4.79. The van der Waals surface area contributed by atoms with Crippen molar-refractivity contribution in [3.8, 4) is 0 Å². The van der Waals surface area contributed by atoms with E-state index >= 15 is 0 Å². The third-order valence-corrected chi connectivity index (χ3v) is 3.83. The highest BCUT2D eigenvalue weighted by Crippen LogP contribution is 2.25. The minimum Gasteiger partial charge on any atom is -0.343 e. The van der Waals surface area contributed by atoms with E-state index in [9.17, 15) is 0 Å². The molecule has 0 saturated heterocycles. The largest absolute Gasteiger partial charge is 0.343 e. The van der Waals surface area contributed by atoms with E-state index in [0.29, 0.717) is 0 Å². The average Bonchev–Trinajstić information content (AvgIpc) is 2.74. The molecule has 1 heterocycles. The Bertz CT molecular complexity index is 703. The van der Waals surface area contributed by atoms with E-state index in [2.05, 4.69) is 57.0 Å². The molecule has 0 radical (unpaired) electrons. The Morgan fingerprint density at radius 3 is 2.72 bits per heavy atom. The molecule has 3 rings (SSSR count). The van der Waals surface area contributed by atoms with E-state index in [0.717, 1.165) is 21.4 Å². The molecule has 1 nitrogen and oxygen atoms in total. The van der Waals surface area contributed by atoms with Crippen LogP contribution in [0, 0.1) is 0 Å². The van der Waals surface area contributed by atoms with Crippen molar-refractivity contribution in [2.24, 2.45) is 0 Å². The van der Waals surface area contributed by atoms with Crippen LogP contribution >= 0.6 is 27.5 Å². The number of benzene rings is 2. The fourth-order valence-corrected chi connectivity index (χ4v) is 2.83. The first-order valence-corrected chi connectivity index (χ1v) is 6.89. The minimum absolute atomic E-state index is 0.806. The summed E-state index contributed by atoms with van der Waals surface area (Å²) >= 11 is 9.67. The van der Waals surface area contributed by atoms with Gasteiger partial charge in [0.25, 0.3) is 0 Å². The molecule has 0 aliphatic rings. The molecule has 0 saturated carbocycles. The van der Waals surface area contributed by atoms with Crippen LogP contribution < -0.4 is 0 Å². The Kier molecular flexibility index (Phi) is 3.14. The standard InChI is InChI=1S/C15H11BrClN/c16-12-4-1-3-11(9-12)10-18-8-7-13-14(17)5-2-6-15(13)18/h1-9H,10H2. The maximum atomic E-state index is 6.18. The minimum atomic E-state index is 0.806. The van der Waals surface area contributed by atoms with Crippen LogP contribution in [0.25, 0.3) is 10.9 Å². The fraction of sp³-hybridized carbons (Fsp3) is 0.0667. The maximum Gasteiger partial charge on any atom is 0.0499 e.